The molecule has 2 aromatic rings. The number of aromatic hydroxyl groups is 3. The van der Waals surface area contributed by atoms with Gasteiger partial charge in [0, 0.05) is 74.2 Å². The van der Waals surface area contributed by atoms with E-state index in [1.807, 2.05) is 5.01 Å². The van der Waals surface area contributed by atoms with Crippen molar-refractivity contribution in [2.24, 2.45) is 28.8 Å². The van der Waals surface area contributed by atoms with Crippen molar-refractivity contribution in [3.63, 3.8) is 0 Å². The lowest BCUT2D eigenvalue weighted by Gasteiger charge is -2.38. The Bertz CT molecular complexity index is 2150. The number of aliphatic hydroxyl groups excluding tert-OH is 2. The Kier molecular flexibility index (Phi) is 17.5. The number of ether oxygens (including phenoxy) is 4. The highest BCUT2D eigenvalue weighted by atomic mass is 16.7. The molecule has 65 heavy (non-hydrogen) atoms. The lowest BCUT2D eigenvalue weighted by atomic mass is 9.78. The number of phenols is 3. The van der Waals surface area contributed by atoms with Crippen LogP contribution in [0.1, 0.15) is 134 Å². The quantitative estimate of drug-likeness (QED) is 0.0738. The zero-order chi connectivity index (χ0) is 47.7. The molecule has 6 rings (SSSR count). The number of hydrogen-bond acceptors (Lipinski definition) is 14. The lowest BCUT2D eigenvalue weighted by Crippen LogP contribution is -2.46. The van der Waals surface area contributed by atoms with Gasteiger partial charge in [0.25, 0.3) is 11.7 Å². The predicted molar refractivity (Wildman–Crippen MR) is 249 cm³/mol. The van der Waals surface area contributed by atoms with E-state index in [1.54, 1.807) is 46.8 Å². The highest BCUT2D eigenvalue weighted by Gasteiger charge is 2.50. The summed E-state index contributed by atoms with van der Waals surface area (Å²) in [5, 5.41) is 68.1. The molecule has 4 aliphatic rings. The van der Waals surface area contributed by atoms with Gasteiger partial charge in [0.05, 0.1) is 53.0 Å². The average Bonchev–Trinajstić information content (AvgIpc) is 3.55. The van der Waals surface area contributed by atoms with Crippen molar-refractivity contribution in [3.8, 4) is 23.0 Å². The monoisotopic (exact) mass is 906 g/mol. The van der Waals surface area contributed by atoms with Gasteiger partial charge in [0.2, 0.25) is 0 Å². The highest BCUT2D eigenvalue weighted by Crippen LogP contribution is 2.55. The smallest absolute Gasteiger partial charge is 0.312 e. The van der Waals surface area contributed by atoms with E-state index in [2.05, 4.69) is 5.32 Å². The summed E-state index contributed by atoms with van der Waals surface area (Å²) in [6, 6.07) is 0. The van der Waals surface area contributed by atoms with Crippen LogP contribution in [0.15, 0.2) is 41.2 Å². The van der Waals surface area contributed by atoms with Gasteiger partial charge in [0.1, 0.15) is 23.4 Å². The highest BCUT2D eigenvalue weighted by molar-refractivity contribution is 6.23. The summed E-state index contributed by atoms with van der Waals surface area (Å²) in [6.45, 7) is 13.9. The first-order chi connectivity index (χ1) is 30.8. The van der Waals surface area contributed by atoms with Crippen molar-refractivity contribution in [3.05, 3.63) is 52.8 Å². The van der Waals surface area contributed by atoms with Crippen molar-refractivity contribution in [1.29, 1.82) is 0 Å². The molecule has 15 heteroatoms. The minimum absolute atomic E-state index is 0.0677. The first kappa shape index (κ1) is 50.9. The van der Waals surface area contributed by atoms with Crippen molar-refractivity contribution in [1.82, 2.24) is 5.01 Å². The topological polar surface area (TPSA) is 217 Å². The molecule has 0 aromatic heterocycles. The third-order valence-electron chi connectivity index (χ3n) is 13.5. The van der Waals surface area contributed by atoms with Gasteiger partial charge in [-0.15, -0.1) is 0 Å². The van der Waals surface area contributed by atoms with Crippen LogP contribution in [0.25, 0.3) is 10.8 Å². The fourth-order valence-electron chi connectivity index (χ4n) is 9.24. The summed E-state index contributed by atoms with van der Waals surface area (Å²) in [7, 11) is 1.45. The van der Waals surface area contributed by atoms with Crippen LogP contribution in [0, 0.1) is 30.6 Å². The van der Waals surface area contributed by atoms with E-state index < -0.39 is 88.8 Å². The van der Waals surface area contributed by atoms with Crippen molar-refractivity contribution >= 4 is 40.3 Å². The van der Waals surface area contributed by atoms with Gasteiger partial charge in [0.15, 0.2) is 5.75 Å². The summed E-state index contributed by atoms with van der Waals surface area (Å²) in [5.41, 5.74) is -0.252. The molecule has 5 bridgehead atoms. The normalized spacial score (nSPS) is 29.4. The molecule has 0 aliphatic carbocycles. The lowest BCUT2D eigenvalue weighted by molar-refractivity contribution is -0.160. The summed E-state index contributed by atoms with van der Waals surface area (Å²) >= 11 is 0. The summed E-state index contributed by atoms with van der Waals surface area (Å²) < 4.78 is 23.8. The molecule has 4 aliphatic heterocycles. The number of amides is 1. The van der Waals surface area contributed by atoms with Crippen LogP contribution in [0.2, 0.25) is 0 Å². The number of methoxy groups -OCH3 is 1. The largest absolute Gasteiger partial charge is 0.507 e. The van der Waals surface area contributed by atoms with Crippen LogP contribution in [0.3, 0.4) is 0 Å². The maximum absolute atomic E-state index is 14.6. The Hall–Kier alpha value is -5.12. The first-order valence-electron chi connectivity index (χ1n) is 23.2. The number of carbonyl (C=O) groups is 3. The SMILES string of the molecule is COC1C=COC2(C)Oc3c(C)c(O)c4c(O)c(c(C=NN5CCCCCCCCCCCC5)c(O)c4c3C2=O)NC(=O)C(C)=CC=CC(C)C(O)C(C)C(O)C(C)C(OC(C)=O)C1C. The number of esters is 1. The molecule has 0 saturated carbocycles. The molecule has 9 unspecified atom stereocenters. The van der Waals surface area contributed by atoms with Gasteiger partial charge in [-0.2, -0.15) is 5.10 Å². The molecule has 6 N–H and O–H groups in total. The molecule has 1 amide bonds. The molecule has 9 atom stereocenters. The van der Waals surface area contributed by atoms with Crippen molar-refractivity contribution < 1.29 is 58.9 Å². The van der Waals surface area contributed by atoms with Gasteiger partial charge >= 0.3 is 11.8 Å². The number of rotatable bonds is 4. The number of anilines is 1. The maximum atomic E-state index is 14.6. The van der Waals surface area contributed by atoms with E-state index in [1.165, 1.54) is 78.2 Å². The van der Waals surface area contributed by atoms with Crippen LogP contribution < -0.4 is 10.1 Å². The van der Waals surface area contributed by atoms with E-state index in [-0.39, 0.29) is 44.5 Å². The van der Waals surface area contributed by atoms with Crippen LogP contribution in [0.5, 0.6) is 23.0 Å². The Morgan fingerprint density at radius 3 is 2.03 bits per heavy atom. The number of Topliss-reactive ketones (excluding diaryl/α,β-unsaturated/α-hetero) is 1. The number of nitrogens with one attached hydrogen (secondary N) is 1. The number of allylic oxidation sites excluding steroid dienone is 2. The van der Waals surface area contributed by atoms with E-state index in [0.717, 1.165) is 38.5 Å². The number of aliphatic hydroxyl groups is 2. The fraction of sp³-hybridized carbons (Fsp3) is 0.600. The van der Waals surface area contributed by atoms with Gasteiger partial charge in [-0.05, 0) is 32.8 Å². The second-order valence-electron chi connectivity index (χ2n) is 18.4. The number of benzene rings is 2. The zero-order valence-electron chi connectivity index (χ0n) is 39.6. The number of nitrogens with zero attached hydrogens (tertiary/aromatic N) is 2. The van der Waals surface area contributed by atoms with Crippen LogP contribution in [0.4, 0.5) is 5.69 Å². The Morgan fingerprint density at radius 1 is 0.846 bits per heavy atom. The molecular formula is C50H71N3O12. The first-order valence-corrected chi connectivity index (χ1v) is 23.2. The molecule has 4 heterocycles. The number of phenolic OH excluding ortho intramolecular Hbond substituents is 3. The molecule has 0 spiro atoms. The summed E-state index contributed by atoms with van der Waals surface area (Å²) in [6.07, 6.45) is 16.0. The van der Waals surface area contributed by atoms with E-state index in [4.69, 9.17) is 24.0 Å². The average molecular weight is 906 g/mol. The van der Waals surface area contributed by atoms with Crippen LogP contribution in [-0.4, -0.2) is 105 Å². The minimum Gasteiger partial charge on any atom is -0.507 e. The third-order valence-corrected chi connectivity index (χ3v) is 13.5. The van der Waals surface area contributed by atoms with Gasteiger partial charge in [-0.25, -0.2) is 0 Å². The summed E-state index contributed by atoms with van der Waals surface area (Å²) in [5.74, 6) is -8.24. The second-order valence-corrected chi connectivity index (χ2v) is 18.4. The van der Waals surface area contributed by atoms with Crippen LogP contribution >= 0.6 is 0 Å². The Balaban J connectivity index is 1.69. The zero-order valence-corrected chi connectivity index (χ0v) is 39.6. The van der Waals surface area contributed by atoms with Gasteiger partial charge in [-0.3, -0.25) is 19.4 Å². The maximum Gasteiger partial charge on any atom is 0.312 e. The second kappa shape index (κ2) is 22.4. The van der Waals surface area contributed by atoms with E-state index >= 15 is 0 Å². The van der Waals surface area contributed by atoms with E-state index in [0.29, 0.717) is 13.1 Å². The van der Waals surface area contributed by atoms with E-state index in [9.17, 15) is 39.9 Å². The van der Waals surface area contributed by atoms with Crippen molar-refractivity contribution in [2.45, 2.75) is 150 Å². The molecule has 1 fully saturated rings. The Labute approximate surface area is 383 Å². The molecule has 358 valence electrons. The van der Waals surface area contributed by atoms with Gasteiger partial charge in [-0.1, -0.05) is 97.3 Å². The number of hydrogen-bond donors (Lipinski definition) is 6. The predicted octanol–water partition coefficient (Wildman–Crippen LogP) is 8.30. The standard InChI is InChI=1S/C50H71N3O12/c1-28-21-20-22-29(2)49(61)52-40-35(27-51-53-24-18-16-14-12-10-11-13-15-17-19-25-53)44(58)37-38(45(40)59)43(57)33(6)47-39(37)48(60)50(8,65-47)63-26-23-36(62-9)30(3)46(64-34(7)54)32(5)42(56)31(4)41(28)55/h20-23,26-28,30-32,36,41-42,46,55-59H,10-19,24-25H2,1-9H3,(H,52,61). The molecule has 2 aromatic carbocycles. The molecule has 1 saturated heterocycles. The van der Waals surface area contributed by atoms with Gasteiger partial charge < -0.3 is 49.8 Å². The number of hydrazone groups is 1. The number of ketones is 1. The van der Waals surface area contributed by atoms with Crippen molar-refractivity contribution in [2.75, 3.05) is 25.5 Å². The minimum atomic E-state index is -2.04. The third kappa shape index (κ3) is 11.5. The molecule has 15 nitrogen and oxygen atoms in total. The Morgan fingerprint density at radius 2 is 1.45 bits per heavy atom. The molecule has 0 radical (unpaired) electrons. The number of carbonyl (C=O) groups excluding carboxylic acids is 3. The molecular weight excluding hydrogens is 835 g/mol. The van der Waals surface area contributed by atoms with Crippen LogP contribution in [-0.2, 0) is 23.8 Å². The summed E-state index contributed by atoms with van der Waals surface area (Å²) in [4.78, 5) is 41.0. The fourth-order valence-corrected chi connectivity index (χ4v) is 9.24. The number of fused-ring (bicyclic) bond motifs is 14.